The average molecular weight is 392 g/mol. The van der Waals surface area contributed by atoms with Gasteiger partial charge in [0, 0.05) is 16.9 Å². The van der Waals surface area contributed by atoms with E-state index < -0.39 is 11.8 Å². The van der Waals surface area contributed by atoms with Gasteiger partial charge < -0.3 is 5.32 Å². The molecule has 1 aliphatic heterocycles. The third-order valence-electron chi connectivity index (χ3n) is 4.33. The summed E-state index contributed by atoms with van der Waals surface area (Å²) in [6, 6.07) is 16.8. The summed E-state index contributed by atoms with van der Waals surface area (Å²) in [6.07, 6.45) is 1.69. The monoisotopic (exact) mass is 391 g/mol. The van der Waals surface area contributed by atoms with E-state index in [1.807, 2.05) is 0 Å². The quantitative estimate of drug-likeness (QED) is 0.687. The summed E-state index contributed by atoms with van der Waals surface area (Å²) in [5.74, 6) is -1.05. The molecule has 1 N–H and O–H groups in total. The van der Waals surface area contributed by atoms with Crippen LogP contribution < -0.4 is 10.2 Å². The van der Waals surface area contributed by atoms with Gasteiger partial charge in [0.2, 0.25) is 5.91 Å². The predicted molar refractivity (Wildman–Crippen MR) is 106 cm³/mol. The van der Waals surface area contributed by atoms with Crippen molar-refractivity contribution in [3.8, 4) is 0 Å². The van der Waals surface area contributed by atoms with Crippen molar-refractivity contribution in [1.29, 1.82) is 0 Å². The zero-order valence-corrected chi connectivity index (χ0v) is 15.3. The van der Waals surface area contributed by atoms with Crippen molar-refractivity contribution in [2.45, 2.75) is 6.42 Å². The van der Waals surface area contributed by atoms with Gasteiger partial charge in [-0.15, -0.1) is 0 Å². The van der Waals surface area contributed by atoms with Crippen molar-refractivity contribution in [3.05, 3.63) is 88.7 Å². The molecule has 3 amide bonds. The largest absolute Gasteiger partial charge is 0.326 e. The zero-order valence-electron chi connectivity index (χ0n) is 14.6. The number of hydrogen-bond acceptors (Lipinski definition) is 4. The highest BCUT2D eigenvalue weighted by atomic mass is 35.5. The van der Waals surface area contributed by atoms with Crippen LogP contribution in [0.4, 0.5) is 11.4 Å². The van der Waals surface area contributed by atoms with Crippen molar-refractivity contribution in [2.75, 3.05) is 10.2 Å². The number of carbonyl (C=O) groups excluding carboxylic acids is 3. The number of fused-ring (bicyclic) bond motifs is 1. The van der Waals surface area contributed by atoms with Gasteiger partial charge in [-0.1, -0.05) is 23.7 Å². The molecule has 138 valence electrons. The fourth-order valence-corrected chi connectivity index (χ4v) is 3.11. The van der Waals surface area contributed by atoms with Gasteiger partial charge in [-0.2, -0.15) is 0 Å². The fraction of sp³-hybridized carbons (Fsp3) is 0.0476. The summed E-state index contributed by atoms with van der Waals surface area (Å²) < 4.78 is 0. The van der Waals surface area contributed by atoms with Crippen molar-refractivity contribution >= 4 is 40.7 Å². The first kappa shape index (κ1) is 17.9. The highest BCUT2D eigenvalue weighted by molar-refractivity contribution is 6.33. The Morgan fingerprint density at radius 3 is 2.36 bits per heavy atom. The van der Waals surface area contributed by atoms with Crippen LogP contribution in [0, 0.1) is 0 Å². The van der Waals surface area contributed by atoms with Gasteiger partial charge in [0.05, 0.1) is 17.7 Å². The minimum absolute atomic E-state index is 0.146. The molecule has 0 radical (unpaired) electrons. The normalized spacial score (nSPS) is 12.8. The number of halogens is 1. The van der Waals surface area contributed by atoms with Gasteiger partial charge in [-0.25, -0.2) is 4.90 Å². The molecule has 4 rings (SSSR count). The number of benzene rings is 2. The maximum Gasteiger partial charge on any atom is 0.284 e. The molecule has 6 nitrogen and oxygen atoms in total. The van der Waals surface area contributed by atoms with Crippen LogP contribution in [0.1, 0.15) is 26.4 Å². The highest BCUT2D eigenvalue weighted by Crippen LogP contribution is 2.28. The summed E-state index contributed by atoms with van der Waals surface area (Å²) >= 11 is 5.84. The number of rotatable bonds is 4. The van der Waals surface area contributed by atoms with Crippen LogP contribution >= 0.6 is 11.6 Å². The Balaban J connectivity index is 1.46. The molecule has 7 heteroatoms. The Bertz CT molecular complexity index is 1040. The number of amides is 3. The second-order valence-corrected chi connectivity index (χ2v) is 6.68. The molecule has 0 atom stereocenters. The van der Waals surface area contributed by atoms with E-state index in [0.717, 1.165) is 10.5 Å². The molecule has 28 heavy (non-hydrogen) atoms. The van der Waals surface area contributed by atoms with Crippen molar-refractivity contribution < 1.29 is 14.4 Å². The summed E-state index contributed by atoms with van der Waals surface area (Å²) in [4.78, 5) is 42.2. The Morgan fingerprint density at radius 2 is 1.68 bits per heavy atom. The first-order valence-electron chi connectivity index (χ1n) is 8.51. The smallest absolute Gasteiger partial charge is 0.284 e. The number of aromatic nitrogens is 1. The lowest BCUT2D eigenvalue weighted by atomic mass is 10.1. The fourth-order valence-electron chi connectivity index (χ4n) is 2.99. The Hall–Kier alpha value is -3.51. The number of carbonyl (C=O) groups is 3. The Morgan fingerprint density at radius 1 is 0.964 bits per heavy atom. The molecular formula is C21H14ClN3O3. The van der Waals surface area contributed by atoms with Crippen LogP contribution in [0.25, 0.3) is 0 Å². The molecule has 0 spiro atoms. The second kappa shape index (κ2) is 7.25. The molecule has 0 saturated heterocycles. The van der Waals surface area contributed by atoms with Gasteiger partial charge in [0.25, 0.3) is 11.8 Å². The van der Waals surface area contributed by atoms with Gasteiger partial charge in [0.15, 0.2) is 0 Å². The first-order valence-corrected chi connectivity index (χ1v) is 8.89. The van der Waals surface area contributed by atoms with Crippen molar-refractivity contribution in [3.63, 3.8) is 0 Å². The number of imide groups is 1. The van der Waals surface area contributed by atoms with Crippen LogP contribution in [-0.4, -0.2) is 22.7 Å². The van der Waals surface area contributed by atoms with E-state index in [-0.39, 0.29) is 23.6 Å². The van der Waals surface area contributed by atoms with E-state index in [4.69, 9.17) is 11.6 Å². The van der Waals surface area contributed by atoms with E-state index >= 15 is 0 Å². The summed E-state index contributed by atoms with van der Waals surface area (Å²) in [6.45, 7) is 0. The van der Waals surface area contributed by atoms with Crippen LogP contribution in [-0.2, 0) is 11.2 Å². The lowest BCUT2D eigenvalue weighted by molar-refractivity contribution is -0.115. The molecule has 2 heterocycles. The average Bonchev–Trinajstić information content (AvgIpc) is 2.95. The molecule has 2 aromatic carbocycles. The first-order chi connectivity index (χ1) is 13.5. The molecule has 0 unspecified atom stereocenters. The number of anilines is 2. The molecule has 1 aromatic heterocycles. The number of nitrogens with zero attached hydrogens (tertiary/aromatic N) is 2. The lowest BCUT2D eigenvalue weighted by Gasteiger charge is -2.14. The van der Waals surface area contributed by atoms with Crippen molar-refractivity contribution in [2.24, 2.45) is 0 Å². The van der Waals surface area contributed by atoms with E-state index in [2.05, 4.69) is 10.3 Å². The van der Waals surface area contributed by atoms with Gasteiger partial charge in [-0.05, 0) is 54.1 Å². The highest BCUT2D eigenvalue weighted by Gasteiger charge is 2.37. The maximum atomic E-state index is 12.5. The number of hydrogen-bond donors (Lipinski definition) is 1. The van der Waals surface area contributed by atoms with E-state index in [1.54, 1.807) is 60.7 Å². The Kier molecular flexibility index (Phi) is 4.63. The molecule has 3 aromatic rings. The maximum absolute atomic E-state index is 12.5. The van der Waals surface area contributed by atoms with Crippen LogP contribution in [0.2, 0.25) is 5.02 Å². The summed E-state index contributed by atoms with van der Waals surface area (Å²) in [5.41, 5.74) is 2.26. The van der Waals surface area contributed by atoms with Crippen molar-refractivity contribution in [1.82, 2.24) is 4.98 Å². The van der Waals surface area contributed by atoms with Crippen LogP contribution in [0.3, 0.4) is 0 Å². The minimum atomic E-state index is -0.458. The van der Waals surface area contributed by atoms with Crippen LogP contribution in [0.15, 0.2) is 66.9 Å². The molecule has 1 aliphatic rings. The summed E-state index contributed by atoms with van der Waals surface area (Å²) in [7, 11) is 0. The topological polar surface area (TPSA) is 79.4 Å². The molecule has 0 bridgehead atoms. The van der Waals surface area contributed by atoms with Gasteiger partial charge in [0.1, 0.15) is 5.69 Å². The Labute approximate surface area is 165 Å². The number of nitrogens with one attached hydrogen (secondary N) is 1. The second-order valence-electron chi connectivity index (χ2n) is 6.24. The third-order valence-corrected chi connectivity index (χ3v) is 4.59. The molecule has 0 saturated carbocycles. The molecular weight excluding hydrogens is 378 g/mol. The van der Waals surface area contributed by atoms with E-state index in [9.17, 15) is 14.4 Å². The standard InChI is InChI=1S/C21H14ClN3O3/c22-14-5-3-13(4-6-14)12-18(26)24-15-7-9-16(10-8-15)25-20(27)17-2-1-11-23-19(17)21(25)28/h1-11H,12H2,(H,24,26). The predicted octanol–water partition coefficient (Wildman–Crippen LogP) is 3.72. The van der Waals surface area contributed by atoms with Gasteiger partial charge in [-0.3, -0.25) is 19.4 Å². The number of pyridine rings is 1. The lowest BCUT2D eigenvalue weighted by Crippen LogP contribution is -2.29. The molecule has 0 fully saturated rings. The summed E-state index contributed by atoms with van der Waals surface area (Å²) in [5, 5.41) is 3.40. The molecule has 0 aliphatic carbocycles. The SMILES string of the molecule is O=C(Cc1ccc(Cl)cc1)Nc1ccc(N2C(=O)c3cccnc3C2=O)cc1. The minimum Gasteiger partial charge on any atom is -0.326 e. The van der Waals surface area contributed by atoms with E-state index in [0.29, 0.717) is 16.4 Å². The zero-order chi connectivity index (χ0) is 19.7. The third kappa shape index (κ3) is 3.37. The van der Waals surface area contributed by atoms with E-state index in [1.165, 1.54) is 6.20 Å². The van der Waals surface area contributed by atoms with Crippen LogP contribution in [0.5, 0.6) is 0 Å². The van der Waals surface area contributed by atoms with Gasteiger partial charge >= 0.3 is 0 Å².